The number of phenols is 1. The number of nitro groups is 1. The number of hydrogen-bond acceptors (Lipinski definition) is 7. The highest BCUT2D eigenvalue weighted by molar-refractivity contribution is 9.10. The van der Waals surface area contributed by atoms with E-state index < -0.39 is 10.8 Å². The molecule has 0 aliphatic heterocycles. The van der Waals surface area contributed by atoms with Crippen molar-refractivity contribution in [3.63, 3.8) is 0 Å². The van der Waals surface area contributed by atoms with E-state index in [2.05, 4.69) is 26.5 Å². The van der Waals surface area contributed by atoms with Crippen molar-refractivity contribution in [1.82, 2.24) is 5.43 Å². The van der Waals surface area contributed by atoms with E-state index in [-0.39, 0.29) is 39.4 Å². The van der Waals surface area contributed by atoms with Crippen LogP contribution < -0.4 is 10.2 Å². The Balaban J connectivity index is 1.99. The van der Waals surface area contributed by atoms with Crippen molar-refractivity contribution >= 4 is 33.7 Å². The van der Waals surface area contributed by atoms with Gasteiger partial charge >= 0.3 is 0 Å². The molecule has 0 radical (unpaired) electrons. The molecule has 10 heteroatoms. The van der Waals surface area contributed by atoms with Gasteiger partial charge < -0.3 is 9.84 Å². The smallest absolute Gasteiger partial charge is 0.277 e. The lowest BCUT2D eigenvalue weighted by molar-refractivity contribution is -0.385. The summed E-state index contributed by atoms with van der Waals surface area (Å²) < 4.78 is 5.35. The zero-order chi connectivity index (χ0) is 19.1. The number of nitriles is 1. The molecule has 0 fully saturated rings. The van der Waals surface area contributed by atoms with Gasteiger partial charge in [0, 0.05) is 17.7 Å². The number of benzene rings is 2. The SMILES string of the molecule is N#Cc1ccccc1OCC(=O)N/N=C\c1cc([N+](=O)[O-])cc(Br)c1O. The van der Waals surface area contributed by atoms with Gasteiger partial charge in [0.2, 0.25) is 0 Å². The first-order chi connectivity index (χ1) is 12.4. The molecule has 0 aliphatic carbocycles. The molecular weight excluding hydrogens is 408 g/mol. The number of nitrogens with one attached hydrogen (secondary N) is 1. The Labute approximate surface area is 155 Å². The van der Waals surface area contributed by atoms with Crippen molar-refractivity contribution in [2.24, 2.45) is 5.10 Å². The Bertz CT molecular complexity index is 923. The van der Waals surface area contributed by atoms with Gasteiger partial charge in [-0.05, 0) is 28.1 Å². The number of hydrogen-bond donors (Lipinski definition) is 2. The molecule has 2 aromatic rings. The molecule has 0 saturated carbocycles. The van der Waals surface area contributed by atoms with Crippen LogP contribution >= 0.6 is 15.9 Å². The molecule has 0 aliphatic rings. The van der Waals surface area contributed by atoms with Crippen molar-refractivity contribution < 1.29 is 19.6 Å². The summed E-state index contributed by atoms with van der Waals surface area (Å²) in [5, 5.41) is 33.2. The molecule has 0 aromatic heterocycles. The third-order valence-electron chi connectivity index (χ3n) is 3.05. The minimum absolute atomic E-state index is 0.0436. The second kappa shape index (κ2) is 8.59. The second-order valence-electron chi connectivity index (χ2n) is 4.81. The molecule has 0 unspecified atom stereocenters. The molecule has 0 heterocycles. The van der Waals surface area contributed by atoms with Crippen LogP contribution in [-0.2, 0) is 4.79 Å². The fourth-order valence-corrected chi connectivity index (χ4v) is 2.31. The maximum absolute atomic E-state index is 11.7. The fraction of sp³-hybridized carbons (Fsp3) is 0.0625. The number of nitrogens with zero attached hydrogens (tertiary/aromatic N) is 3. The molecule has 132 valence electrons. The van der Waals surface area contributed by atoms with E-state index in [9.17, 15) is 20.0 Å². The van der Waals surface area contributed by atoms with E-state index >= 15 is 0 Å². The lowest BCUT2D eigenvalue weighted by Crippen LogP contribution is -2.24. The second-order valence-corrected chi connectivity index (χ2v) is 5.67. The number of para-hydroxylation sites is 1. The maximum atomic E-state index is 11.7. The van der Waals surface area contributed by atoms with Crippen LogP contribution in [-0.4, -0.2) is 28.8 Å². The first-order valence-electron chi connectivity index (χ1n) is 7.03. The van der Waals surface area contributed by atoms with Crippen LogP contribution in [0.1, 0.15) is 11.1 Å². The van der Waals surface area contributed by atoms with Crippen molar-refractivity contribution in [2.45, 2.75) is 0 Å². The fourth-order valence-electron chi connectivity index (χ4n) is 1.84. The Hall–Kier alpha value is -3.45. The lowest BCUT2D eigenvalue weighted by atomic mass is 10.2. The van der Waals surface area contributed by atoms with Crippen molar-refractivity contribution in [3.05, 3.63) is 62.1 Å². The van der Waals surface area contributed by atoms with Crippen molar-refractivity contribution in [1.29, 1.82) is 5.26 Å². The van der Waals surface area contributed by atoms with Gasteiger partial charge in [-0.3, -0.25) is 14.9 Å². The van der Waals surface area contributed by atoms with Crippen molar-refractivity contribution in [3.8, 4) is 17.6 Å². The number of aromatic hydroxyl groups is 1. The minimum Gasteiger partial charge on any atom is -0.506 e. The number of amides is 1. The molecule has 2 N–H and O–H groups in total. The van der Waals surface area contributed by atoms with Gasteiger partial charge in [0.15, 0.2) is 6.61 Å². The van der Waals surface area contributed by atoms with Crippen LogP contribution in [0.5, 0.6) is 11.5 Å². The highest BCUT2D eigenvalue weighted by Crippen LogP contribution is 2.31. The summed E-state index contributed by atoms with van der Waals surface area (Å²) in [7, 11) is 0. The molecule has 0 bridgehead atoms. The van der Waals surface area contributed by atoms with Gasteiger partial charge in [-0.1, -0.05) is 12.1 Å². The van der Waals surface area contributed by atoms with Gasteiger partial charge in [0.1, 0.15) is 17.6 Å². The summed E-state index contributed by atoms with van der Waals surface area (Å²) in [6.07, 6.45) is 1.06. The highest BCUT2D eigenvalue weighted by Gasteiger charge is 2.13. The first kappa shape index (κ1) is 18.9. The standard InChI is InChI=1S/C16H11BrN4O5/c17-13-6-12(21(24)25)5-11(16(13)23)8-19-20-15(22)9-26-14-4-2-1-3-10(14)7-18/h1-6,8,23H,9H2,(H,20,22)/b19-8-. The average molecular weight is 419 g/mol. The number of phenolic OH excluding ortho intramolecular Hbond substituents is 1. The molecule has 1 amide bonds. The Morgan fingerprint density at radius 2 is 2.19 bits per heavy atom. The summed E-state index contributed by atoms with van der Waals surface area (Å²) in [5.41, 5.74) is 2.24. The molecule has 2 aromatic carbocycles. The minimum atomic E-state index is -0.624. The largest absolute Gasteiger partial charge is 0.506 e. The number of non-ortho nitro benzene ring substituents is 1. The van der Waals surface area contributed by atoms with Gasteiger partial charge in [0.25, 0.3) is 11.6 Å². The third kappa shape index (κ3) is 4.78. The van der Waals surface area contributed by atoms with Crippen LogP contribution in [0.25, 0.3) is 0 Å². The van der Waals surface area contributed by atoms with Gasteiger partial charge in [-0.2, -0.15) is 10.4 Å². The van der Waals surface area contributed by atoms with E-state index in [4.69, 9.17) is 10.00 Å². The van der Waals surface area contributed by atoms with E-state index in [0.29, 0.717) is 0 Å². The molecule has 2 rings (SSSR count). The molecular formula is C16H11BrN4O5. The summed E-state index contributed by atoms with van der Waals surface area (Å²) in [4.78, 5) is 21.9. The van der Waals surface area contributed by atoms with E-state index in [1.807, 2.05) is 6.07 Å². The van der Waals surface area contributed by atoms with Gasteiger partial charge in [-0.15, -0.1) is 0 Å². The van der Waals surface area contributed by atoms with Crippen LogP contribution in [0.15, 0.2) is 46.0 Å². The number of halogens is 1. The highest BCUT2D eigenvalue weighted by atomic mass is 79.9. The summed E-state index contributed by atoms with van der Waals surface area (Å²) in [6.45, 7) is -0.388. The summed E-state index contributed by atoms with van der Waals surface area (Å²) >= 11 is 3.00. The molecule has 0 atom stereocenters. The number of rotatable bonds is 6. The topological polar surface area (TPSA) is 138 Å². The van der Waals surface area contributed by atoms with Crippen LogP contribution in [0.2, 0.25) is 0 Å². The number of carbonyl (C=O) groups is 1. The first-order valence-corrected chi connectivity index (χ1v) is 7.82. The number of ether oxygens (including phenoxy) is 1. The summed E-state index contributed by atoms with van der Waals surface area (Å²) in [6, 6.07) is 10.6. The van der Waals surface area contributed by atoms with E-state index in [1.165, 1.54) is 0 Å². The zero-order valence-electron chi connectivity index (χ0n) is 13.0. The van der Waals surface area contributed by atoms with Gasteiger partial charge in [0.05, 0.1) is 21.2 Å². The van der Waals surface area contributed by atoms with E-state index in [0.717, 1.165) is 18.3 Å². The predicted molar refractivity (Wildman–Crippen MR) is 94.8 cm³/mol. The Morgan fingerprint density at radius 1 is 1.46 bits per heavy atom. The van der Waals surface area contributed by atoms with Crippen LogP contribution in [0.4, 0.5) is 5.69 Å². The molecule has 0 spiro atoms. The normalized spacial score (nSPS) is 10.3. The molecule has 0 saturated heterocycles. The monoisotopic (exact) mass is 418 g/mol. The lowest BCUT2D eigenvalue weighted by Gasteiger charge is -2.06. The Kier molecular flexibility index (Phi) is 6.24. The summed E-state index contributed by atoms with van der Waals surface area (Å²) in [5.74, 6) is -0.611. The third-order valence-corrected chi connectivity index (χ3v) is 3.65. The Morgan fingerprint density at radius 3 is 2.88 bits per heavy atom. The quantitative estimate of drug-likeness (QED) is 0.419. The molecule has 26 heavy (non-hydrogen) atoms. The average Bonchev–Trinajstić information content (AvgIpc) is 2.63. The van der Waals surface area contributed by atoms with Crippen LogP contribution in [0, 0.1) is 21.4 Å². The number of hydrazone groups is 1. The van der Waals surface area contributed by atoms with Crippen molar-refractivity contribution in [2.75, 3.05) is 6.61 Å². The van der Waals surface area contributed by atoms with Crippen LogP contribution in [0.3, 0.4) is 0 Å². The predicted octanol–water partition coefficient (Wildman–Crippen LogP) is 2.46. The number of carbonyl (C=O) groups excluding carboxylic acids is 1. The zero-order valence-corrected chi connectivity index (χ0v) is 14.6. The number of nitro benzene ring substituents is 1. The maximum Gasteiger partial charge on any atom is 0.277 e. The van der Waals surface area contributed by atoms with Gasteiger partial charge in [-0.25, -0.2) is 5.43 Å². The molecule has 9 nitrogen and oxygen atoms in total. The van der Waals surface area contributed by atoms with E-state index in [1.54, 1.807) is 24.3 Å².